The average molecular weight is 370 g/mol. The van der Waals surface area contributed by atoms with E-state index in [2.05, 4.69) is 92.0 Å². The van der Waals surface area contributed by atoms with E-state index in [0.29, 0.717) is 0 Å². The van der Waals surface area contributed by atoms with Crippen molar-refractivity contribution in [2.45, 2.75) is 57.8 Å². The zero-order chi connectivity index (χ0) is 19.4. The lowest BCUT2D eigenvalue weighted by molar-refractivity contribution is 0.414. The Morgan fingerprint density at radius 2 is 1.29 bits per heavy atom. The molecule has 0 saturated carbocycles. The van der Waals surface area contributed by atoms with Gasteiger partial charge in [0.2, 0.25) is 0 Å². The van der Waals surface area contributed by atoms with Crippen molar-refractivity contribution < 1.29 is 0 Å². The highest BCUT2D eigenvalue weighted by Gasteiger charge is 2.41. The Bertz CT molecular complexity index is 918. The second-order valence-corrected chi connectivity index (χ2v) is 8.09. The number of fused-ring (bicyclic) bond motifs is 3. The van der Waals surface area contributed by atoms with E-state index in [1.165, 1.54) is 60.9 Å². The maximum atomic E-state index is 3.61. The molecular formula is C27H31N. The molecule has 4 rings (SSSR count). The summed E-state index contributed by atoms with van der Waals surface area (Å²) in [7, 11) is 0. The lowest BCUT2D eigenvalue weighted by Crippen LogP contribution is -2.25. The van der Waals surface area contributed by atoms with Gasteiger partial charge in [-0.15, -0.1) is 0 Å². The lowest BCUT2D eigenvalue weighted by Gasteiger charge is -2.33. The van der Waals surface area contributed by atoms with Gasteiger partial charge < -0.3 is 5.32 Å². The second-order valence-electron chi connectivity index (χ2n) is 8.09. The molecule has 0 unspecified atom stereocenters. The van der Waals surface area contributed by atoms with Crippen molar-refractivity contribution in [3.05, 3.63) is 83.9 Å². The second kappa shape index (κ2) is 8.22. The van der Waals surface area contributed by atoms with Gasteiger partial charge in [0.05, 0.1) is 0 Å². The van der Waals surface area contributed by atoms with Crippen LogP contribution in [-0.2, 0) is 5.41 Å². The number of nitrogens with one attached hydrogen (secondary N) is 1. The fourth-order valence-electron chi connectivity index (χ4n) is 4.84. The normalized spacial score (nSPS) is 13.8. The van der Waals surface area contributed by atoms with Crippen LogP contribution in [0.1, 0.15) is 63.5 Å². The third-order valence-electron chi connectivity index (χ3n) is 6.24. The van der Waals surface area contributed by atoms with E-state index in [4.69, 9.17) is 0 Å². The summed E-state index contributed by atoms with van der Waals surface area (Å²) in [6, 6.07) is 26.6. The molecule has 1 N–H and O–H groups in total. The van der Waals surface area contributed by atoms with Crippen molar-refractivity contribution in [2.24, 2.45) is 0 Å². The molecule has 0 heterocycles. The average Bonchev–Trinajstić information content (AvgIpc) is 3.01. The van der Waals surface area contributed by atoms with Gasteiger partial charge in [0.1, 0.15) is 0 Å². The SMILES string of the molecule is CCCCC1(CCCC)c2ccccc2-c2ccc(Nc3ccccc3)cc21. The number of benzene rings is 3. The monoisotopic (exact) mass is 369 g/mol. The topological polar surface area (TPSA) is 12.0 Å². The highest BCUT2D eigenvalue weighted by atomic mass is 14.9. The van der Waals surface area contributed by atoms with Crippen molar-refractivity contribution in [3.8, 4) is 11.1 Å². The van der Waals surface area contributed by atoms with Crippen LogP contribution in [0.5, 0.6) is 0 Å². The summed E-state index contributed by atoms with van der Waals surface area (Å²) in [6.07, 6.45) is 7.51. The molecule has 3 aromatic rings. The summed E-state index contributed by atoms with van der Waals surface area (Å²) in [5.41, 5.74) is 8.44. The van der Waals surface area contributed by atoms with Gasteiger partial charge in [-0.25, -0.2) is 0 Å². The standard InChI is InChI=1S/C27H31N/c1-3-5-18-27(19-6-4-2)25-15-11-10-14-23(25)24-17-16-22(20-26(24)27)28-21-12-8-7-9-13-21/h7-17,20,28H,3-6,18-19H2,1-2H3. The predicted octanol–water partition coefficient (Wildman–Crippen LogP) is 8.08. The van der Waals surface area contributed by atoms with Crippen LogP contribution in [0.25, 0.3) is 11.1 Å². The Morgan fingerprint density at radius 3 is 2.00 bits per heavy atom. The van der Waals surface area contributed by atoms with Crippen LogP contribution in [0.15, 0.2) is 72.8 Å². The van der Waals surface area contributed by atoms with Crippen molar-refractivity contribution in [1.82, 2.24) is 0 Å². The van der Waals surface area contributed by atoms with E-state index in [-0.39, 0.29) is 5.41 Å². The first kappa shape index (κ1) is 18.8. The summed E-state index contributed by atoms with van der Waals surface area (Å²) < 4.78 is 0. The Balaban J connectivity index is 1.81. The van der Waals surface area contributed by atoms with E-state index < -0.39 is 0 Å². The van der Waals surface area contributed by atoms with Crippen molar-refractivity contribution in [2.75, 3.05) is 5.32 Å². The molecule has 1 aliphatic carbocycles. The number of para-hydroxylation sites is 1. The number of hydrogen-bond acceptors (Lipinski definition) is 1. The quantitative estimate of drug-likeness (QED) is 0.423. The van der Waals surface area contributed by atoms with Crippen molar-refractivity contribution in [1.29, 1.82) is 0 Å². The third-order valence-corrected chi connectivity index (χ3v) is 6.24. The van der Waals surface area contributed by atoms with Crippen molar-refractivity contribution >= 4 is 11.4 Å². The van der Waals surface area contributed by atoms with E-state index in [9.17, 15) is 0 Å². The van der Waals surface area contributed by atoms with Crippen LogP contribution in [0.3, 0.4) is 0 Å². The molecule has 3 aromatic carbocycles. The summed E-state index contributed by atoms with van der Waals surface area (Å²) >= 11 is 0. The van der Waals surface area contributed by atoms with E-state index in [1.807, 2.05) is 0 Å². The fourth-order valence-corrected chi connectivity index (χ4v) is 4.84. The Labute approximate surface area is 169 Å². The molecule has 1 nitrogen and oxygen atoms in total. The first-order valence-corrected chi connectivity index (χ1v) is 10.8. The molecule has 0 spiro atoms. The van der Waals surface area contributed by atoms with E-state index in [1.54, 1.807) is 5.56 Å². The molecule has 28 heavy (non-hydrogen) atoms. The van der Waals surface area contributed by atoms with Crippen LogP contribution in [-0.4, -0.2) is 0 Å². The Morgan fingerprint density at radius 1 is 0.643 bits per heavy atom. The summed E-state index contributed by atoms with van der Waals surface area (Å²) in [6.45, 7) is 4.62. The van der Waals surface area contributed by atoms with Crippen molar-refractivity contribution in [3.63, 3.8) is 0 Å². The fraction of sp³-hybridized carbons (Fsp3) is 0.333. The Hall–Kier alpha value is -2.54. The first-order chi connectivity index (χ1) is 13.8. The molecule has 1 aliphatic rings. The maximum absolute atomic E-state index is 3.61. The van der Waals surface area contributed by atoms with Gasteiger partial charge in [-0.2, -0.15) is 0 Å². The molecule has 0 bridgehead atoms. The first-order valence-electron chi connectivity index (χ1n) is 10.8. The summed E-state index contributed by atoms with van der Waals surface area (Å²) in [5.74, 6) is 0. The number of rotatable bonds is 8. The van der Waals surface area contributed by atoms with Gasteiger partial charge in [0.15, 0.2) is 0 Å². The number of anilines is 2. The van der Waals surface area contributed by atoms with Gasteiger partial charge >= 0.3 is 0 Å². The van der Waals surface area contributed by atoms with Gasteiger partial charge in [-0.05, 0) is 59.4 Å². The van der Waals surface area contributed by atoms with Crippen LogP contribution in [0, 0.1) is 0 Å². The van der Waals surface area contributed by atoms with Gasteiger partial charge in [-0.1, -0.05) is 88.1 Å². The highest BCUT2D eigenvalue weighted by Crippen LogP contribution is 2.54. The van der Waals surface area contributed by atoms with Gasteiger partial charge in [0, 0.05) is 16.8 Å². The minimum absolute atomic E-state index is 0.159. The third kappa shape index (κ3) is 3.35. The molecule has 0 atom stereocenters. The Kier molecular flexibility index (Phi) is 5.52. The van der Waals surface area contributed by atoms with Crippen LogP contribution in [0.2, 0.25) is 0 Å². The molecule has 0 aliphatic heterocycles. The highest BCUT2D eigenvalue weighted by molar-refractivity contribution is 5.83. The maximum Gasteiger partial charge on any atom is 0.0387 e. The smallest absolute Gasteiger partial charge is 0.0387 e. The summed E-state index contributed by atoms with van der Waals surface area (Å²) in [5, 5.41) is 3.61. The molecule has 0 radical (unpaired) electrons. The molecule has 144 valence electrons. The largest absolute Gasteiger partial charge is 0.356 e. The molecule has 0 amide bonds. The molecule has 0 fully saturated rings. The zero-order valence-corrected chi connectivity index (χ0v) is 17.2. The van der Waals surface area contributed by atoms with Crippen LogP contribution in [0.4, 0.5) is 11.4 Å². The molecule has 0 aromatic heterocycles. The number of hydrogen-bond donors (Lipinski definition) is 1. The van der Waals surface area contributed by atoms with E-state index >= 15 is 0 Å². The predicted molar refractivity (Wildman–Crippen MR) is 121 cm³/mol. The minimum Gasteiger partial charge on any atom is -0.356 e. The van der Waals surface area contributed by atoms with E-state index in [0.717, 1.165) is 5.69 Å². The lowest BCUT2D eigenvalue weighted by atomic mass is 9.71. The van der Waals surface area contributed by atoms with Crippen LogP contribution < -0.4 is 5.32 Å². The van der Waals surface area contributed by atoms with Crippen LogP contribution >= 0.6 is 0 Å². The van der Waals surface area contributed by atoms with Gasteiger partial charge in [-0.3, -0.25) is 0 Å². The molecule has 1 heteroatoms. The number of unbranched alkanes of at least 4 members (excludes halogenated alkanes) is 2. The summed E-state index contributed by atoms with van der Waals surface area (Å²) in [4.78, 5) is 0. The minimum atomic E-state index is 0.159. The molecular weight excluding hydrogens is 338 g/mol. The molecule has 0 saturated heterocycles. The van der Waals surface area contributed by atoms with Gasteiger partial charge in [0.25, 0.3) is 0 Å². The zero-order valence-electron chi connectivity index (χ0n) is 17.2.